The largest absolute Gasteiger partial charge is 0.480 e. The van der Waals surface area contributed by atoms with Crippen molar-refractivity contribution in [1.82, 2.24) is 0 Å². The van der Waals surface area contributed by atoms with E-state index in [1.165, 1.54) is 5.56 Å². The lowest BCUT2D eigenvalue weighted by Crippen LogP contribution is -2.10. The number of aliphatic carboxylic acids is 1. The minimum atomic E-state index is -0.736. The van der Waals surface area contributed by atoms with Gasteiger partial charge in [-0.25, -0.2) is 4.79 Å². The highest BCUT2D eigenvalue weighted by molar-refractivity contribution is 5.84. The van der Waals surface area contributed by atoms with Crippen molar-refractivity contribution < 1.29 is 9.90 Å². The second-order valence-corrected chi connectivity index (χ2v) is 3.34. The third-order valence-corrected chi connectivity index (χ3v) is 2.26. The van der Waals surface area contributed by atoms with Crippen LogP contribution in [0.15, 0.2) is 24.3 Å². The molecular weight excluding hydrogens is 166 g/mol. The summed E-state index contributed by atoms with van der Waals surface area (Å²) in [6.07, 6.45) is 0. The number of aryl methyl sites for hydroxylation is 1. The molecule has 1 fully saturated rings. The van der Waals surface area contributed by atoms with Crippen molar-refractivity contribution in [1.29, 1.82) is 0 Å². The number of hydrogen-bond donors (Lipinski definition) is 1. The third kappa shape index (κ3) is 1.49. The first-order valence-electron chi connectivity index (χ1n) is 4.24. The number of carboxylic acids is 1. The zero-order valence-corrected chi connectivity index (χ0v) is 7.40. The topological polar surface area (TPSA) is 40.3 Å². The van der Waals surface area contributed by atoms with Crippen LogP contribution in [0.25, 0.3) is 0 Å². The quantitative estimate of drug-likeness (QED) is 0.691. The highest BCUT2D eigenvalue weighted by atomic mass is 16.4. The van der Waals surface area contributed by atoms with Gasteiger partial charge in [-0.1, -0.05) is 17.7 Å². The molecule has 1 saturated heterocycles. The highest BCUT2D eigenvalue weighted by Gasteiger charge is 2.40. The van der Waals surface area contributed by atoms with Gasteiger partial charge in [0.1, 0.15) is 6.04 Å². The smallest absolute Gasteiger partial charge is 0.328 e. The molecule has 1 aromatic carbocycles. The predicted octanol–water partition coefficient (Wildman–Crippen LogP) is 1.27. The number of carboxylic acid groups (broad SMARTS) is 1. The fourth-order valence-corrected chi connectivity index (χ4v) is 1.37. The minimum absolute atomic E-state index is 0.303. The van der Waals surface area contributed by atoms with Crippen molar-refractivity contribution in [3.63, 3.8) is 0 Å². The standard InChI is InChI=1S/C10H11NO2/c1-7-2-4-8(5-3-7)11-6-9(11)10(12)13/h2-5,9H,6H2,1H3,(H,12,13). The van der Waals surface area contributed by atoms with E-state index in [9.17, 15) is 4.79 Å². The molecule has 3 heteroatoms. The Balaban J connectivity index is 2.12. The van der Waals surface area contributed by atoms with Crippen LogP contribution in [0.3, 0.4) is 0 Å². The zero-order valence-electron chi connectivity index (χ0n) is 7.40. The van der Waals surface area contributed by atoms with Crippen LogP contribution in [0.4, 0.5) is 5.69 Å². The van der Waals surface area contributed by atoms with Crippen LogP contribution in [0.5, 0.6) is 0 Å². The molecule has 0 aromatic heterocycles. The van der Waals surface area contributed by atoms with Crippen LogP contribution in [0.1, 0.15) is 5.56 Å². The summed E-state index contributed by atoms with van der Waals surface area (Å²) in [5.41, 5.74) is 2.19. The van der Waals surface area contributed by atoms with E-state index in [-0.39, 0.29) is 6.04 Å². The second kappa shape index (κ2) is 2.76. The molecule has 0 radical (unpaired) electrons. The Hall–Kier alpha value is -1.51. The van der Waals surface area contributed by atoms with Gasteiger partial charge < -0.3 is 10.0 Å². The normalized spacial score (nSPS) is 20.1. The molecule has 3 nitrogen and oxygen atoms in total. The third-order valence-electron chi connectivity index (χ3n) is 2.26. The summed E-state index contributed by atoms with van der Waals surface area (Å²) in [6, 6.07) is 7.60. The van der Waals surface area contributed by atoms with Gasteiger partial charge >= 0.3 is 5.97 Å². The summed E-state index contributed by atoms with van der Waals surface area (Å²) < 4.78 is 0. The van der Waals surface area contributed by atoms with E-state index in [0.29, 0.717) is 6.54 Å². The fraction of sp³-hybridized carbons (Fsp3) is 0.300. The van der Waals surface area contributed by atoms with Gasteiger partial charge in [-0.05, 0) is 19.1 Å². The minimum Gasteiger partial charge on any atom is -0.480 e. The highest BCUT2D eigenvalue weighted by Crippen LogP contribution is 2.27. The van der Waals surface area contributed by atoms with E-state index in [4.69, 9.17) is 5.11 Å². The maximum atomic E-state index is 10.6. The van der Waals surface area contributed by atoms with Crippen LogP contribution >= 0.6 is 0 Å². The van der Waals surface area contributed by atoms with Crippen molar-refractivity contribution in [3.05, 3.63) is 29.8 Å². The van der Waals surface area contributed by atoms with E-state index < -0.39 is 5.97 Å². The van der Waals surface area contributed by atoms with Crippen molar-refractivity contribution >= 4 is 11.7 Å². The lowest BCUT2D eigenvalue weighted by Gasteiger charge is -2.03. The van der Waals surface area contributed by atoms with Crippen molar-refractivity contribution in [2.24, 2.45) is 0 Å². The van der Waals surface area contributed by atoms with Gasteiger partial charge in [0, 0.05) is 5.69 Å². The van der Waals surface area contributed by atoms with E-state index >= 15 is 0 Å². The molecule has 1 heterocycles. The van der Waals surface area contributed by atoms with Gasteiger partial charge in [0.25, 0.3) is 0 Å². The van der Waals surface area contributed by atoms with Crippen molar-refractivity contribution in [2.45, 2.75) is 13.0 Å². The molecule has 0 spiro atoms. The molecule has 1 N–H and O–H groups in total. The van der Waals surface area contributed by atoms with Crippen molar-refractivity contribution in [3.8, 4) is 0 Å². The lowest BCUT2D eigenvalue weighted by molar-refractivity contribution is -0.136. The molecule has 0 saturated carbocycles. The summed E-state index contributed by atoms with van der Waals surface area (Å²) in [6.45, 7) is 2.65. The average molecular weight is 177 g/mol. The van der Waals surface area contributed by atoms with E-state index in [1.807, 2.05) is 36.1 Å². The van der Waals surface area contributed by atoms with Crippen LogP contribution in [-0.2, 0) is 4.79 Å². The van der Waals surface area contributed by atoms with Gasteiger partial charge in [-0.15, -0.1) is 0 Å². The molecule has 68 valence electrons. The summed E-state index contributed by atoms with van der Waals surface area (Å²) in [7, 11) is 0. The molecule has 0 amide bonds. The molecule has 1 aromatic rings. The van der Waals surface area contributed by atoms with Crippen LogP contribution in [-0.4, -0.2) is 23.7 Å². The molecule has 13 heavy (non-hydrogen) atoms. The van der Waals surface area contributed by atoms with Gasteiger partial charge in [-0.3, -0.25) is 0 Å². The first-order chi connectivity index (χ1) is 6.18. The van der Waals surface area contributed by atoms with Crippen LogP contribution < -0.4 is 4.90 Å². The van der Waals surface area contributed by atoms with E-state index in [2.05, 4.69) is 0 Å². The molecule has 0 bridgehead atoms. The summed E-state index contributed by atoms with van der Waals surface area (Å²) in [5.74, 6) is -0.736. The summed E-state index contributed by atoms with van der Waals surface area (Å²) in [5, 5.41) is 8.70. The Kier molecular flexibility index (Phi) is 1.72. The van der Waals surface area contributed by atoms with Crippen LogP contribution in [0, 0.1) is 6.92 Å². The Morgan fingerprint density at radius 2 is 2.08 bits per heavy atom. The lowest BCUT2D eigenvalue weighted by atomic mass is 10.2. The maximum Gasteiger partial charge on any atom is 0.328 e. The Morgan fingerprint density at radius 1 is 1.46 bits per heavy atom. The average Bonchev–Trinajstić information content (AvgIpc) is 2.85. The zero-order chi connectivity index (χ0) is 9.42. The van der Waals surface area contributed by atoms with Gasteiger partial charge in [0.2, 0.25) is 0 Å². The monoisotopic (exact) mass is 177 g/mol. The van der Waals surface area contributed by atoms with Crippen LogP contribution in [0.2, 0.25) is 0 Å². The SMILES string of the molecule is Cc1ccc(N2CC2C(=O)O)cc1. The molecule has 1 atom stereocenters. The molecule has 1 aliphatic heterocycles. The number of nitrogens with zero attached hydrogens (tertiary/aromatic N) is 1. The molecule has 2 rings (SSSR count). The number of rotatable bonds is 2. The van der Waals surface area contributed by atoms with E-state index in [1.54, 1.807) is 0 Å². The first-order valence-corrected chi connectivity index (χ1v) is 4.24. The van der Waals surface area contributed by atoms with Crippen molar-refractivity contribution in [2.75, 3.05) is 11.4 Å². The Morgan fingerprint density at radius 3 is 2.54 bits per heavy atom. The Bertz CT molecular complexity index is 331. The molecule has 1 unspecified atom stereocenters. The number of anilines is 1. The van der Waals surface area contributed by atoms with E-state index in [0.717, 1.165) is 5.69 Å². The molecule has 1 aliphatic rings. The van der Waals surface area contributed by atoms with Gasteiger partial charge in [0.15, 0.2) is 0 Å². The maximum absolute atomic E-state index is 10.6. The Labute approximate surface area is 76.6 Å². The fourth-order valence-electron chi connectivity index (χ4n) is 1.37. The molecular formula is C10H11NO2. The number of hydrogen-bond acceptors (Lipinski definition) is 2. The first kappa shape index (κ1) is 8.10. The molecule has 0 aliphatic carbocycles. The predicted molar refractivity (Wildman–Crippen MR) is 49.9 cm³/mol. The summed E-state index contributed by atoms with van der Waals surface area (Å²) >= 11 is 0. The summed E-state index contributed by atoms with van der Waals surface area (Å²) in [4.78, 5) is 12.4. The number of benzene rings is 1. The second-order valence-electron chi connectivity index (χ2n) is 3.34. The van der Waals surface area contributed by atoms with Gasteiger partial charge in [0.05, 0.1) is 6.54 Å². The van der Waals surface area contributed by atoms with Gasteiger partial charge in [-0.2, -0.15) is 0 Å². The number of carbonyl (C=O) groups is 1.